The summed E-state index contributed by atoms with van der Waals surface area (Å²) < 4.78 is 0. The Labute approximate surface area is 178 Å². The van der Waals surface area contributed by atoms with Crippen LogP contribution in [0.2, 0.25) is 0 Å². The van der Waals surface area contributed by atoms with E-state index in [1.54, 1.807) is 18.8 Å². The standard InChI is InChI=1S/C24H31NO3S/c1-18(26)28-25(2)23(17-19-9-5-3-6-10-19)24(27)20-13-15-22(16-14-20)29-21-11-7-4-8-12-21/h7,11-16,19,23H,3-6,8-10,17H2,1-2H3. The van der Waals surface area contributed by atoms with Gasteiger partial charge in [0.1, 0.15) is 6.04 Å². The summed E-state index contributed by atoms with van der Waals surface area (Å²) in [5.74, 6) is 0.137. The van der Waals surface area contributed by atoms with Crippen LogP contribution in [0.1, 0.15) is 68.6 Å². The number of likely N-dealkylation sites (N-methyl/N-ethyl adjacent to an activating group) is 1. The van der Waals surface area contributed by atoms with E-state index in [4.69, 9.17) is 4.84 Å². The Morgan fingerprint density at radius 1 is 1.14 bits per heavy atom. The number of Topliss-reactive ketones (excluding diaryl/α,β-unsaturated/α-hetero) is 1. The van der Waals surface area contributed by atoms with E-state index in [9.17, 15) is 9.59 Å². The van der Waals surface area contributed by atoms with Crippen molar-refractivity contribution >= 4 is 23.5 Å². The van der Waals surface area contributed by atoms with Crippen molar-refractivity contribution < 1.29 is 14.4 Å². The number of carbonyl (C=O) groups is 2. The maximum Gasteiger partial charge on any atom is 0.322 e. The molecule has 0 radical (unpaired) electrons. The normalized spacial score (nSPS) is 18.4. The average molecular weight is 414 g/mol. The first-order valence-electron chi connectivity index (χ1n) is 10.6. The fraction of sp³-hybridized carbons (Fsp3) is 0.500. The van der Waals surface area contributed by atoms with E-state index in [1.165, 1.54) is 36.2 Å². The van der Waals surface area contributed by atoms with Crippen LogP contribution in [-0.2, 0) is 9.63 Å². The molecular weight excluding hydrogens is 382 g/mol. The molecule has 5 heteroatoms. The van der Waals surface area contributed by atoms with Crippen LogP contribution >= 0.6 is 11.8 Å². The lowest BCUT2D eigenvalue weighted by Crippen LogP contribution is -2.41. The quantitative estimate of drug-likeness (QED) is 0.390. The van der Waals surface area contributed by atoms with Crippen LogP contribution in [0.25, 0.3) is 0 Å². The predicted octanol–water partition coefficient (Wildman–Crippen LogP) is 5.94. The van der Waals surface area contributed by atoms with Gasteiger partial charge in [0, 0.05) is 29.3 Å². The van der Waals surface area contributed by atoms with Gasteiger partial charge in [0.25, 0.3) is 0 Å². The maximum atomic E-state index is 13.3. The summed E-state index contributed by atoms with van der Waals surface area (Å²) in [7, 11) is 1.69. The fourth-order valence-corrected chi connectivity index (χ4v) is 5.02. The first kappa shape index (κ1) is 21.8. The number of hydroxylamine groups is 2. The molecule has 2 aliphatic carbocycles. The van der Waals surface area contributed by atoms with E-state index in [2.05, 4.69) is 18.2 Å². The number of hydrogen-bond donors (Lipinski definition) is 0. The molecule has 1 unspecified atom stereocenters. The third kappa shape index (κ3) is 6.58. The molecule has 0 saturated heterocycles. The Bertz CT molecular complexity index is 763. The van der Waals surface area contributed by atoms with Crippen LogP contribution in [0.15, 0.2) is 52.3 Å². The van der Waals surface area contributed by atoms with Crippen LogP contribution < -0.4 is 0 Å². The van der Waals surface area contributed by atoms with E-state index < -0.39 is 12.0 Å². The summed E-state index contributed by atoms with van der Waals surface area (Å²) >= 11 is 1.72. The molecule has 2 aliphatic rings. The Morgan fingerprint density at radius 3 is 2.48 bits per heavy atom. The zero-order valence-electron chi connectivity index (χ0n) is 17.4. The molecule has 0 aliphatic heterocycles. The number of allylic oxidation sites excluding steroid dienone is 3. The smallest absolute Gasteiger partial charge is 0.322 e. The number of thioether (sulfide) groups is 1. The summed E-state index contributed by atoms with van der Waals surface area (Å²) in [6.07, 6.45) is 15.5. The van der Waals surface area contributed by atoms with E-state index in [1.807, 2.05) is 24.3 Å². The molecule has 1 fully saturated rings. The molecule has 156 valence electrons. The van der Waals surface area contributed by atoms with Gasteiger partial charge < -0.3 is 4.84 Å². The van der Waals surface area contributed by atoms with Gasteiger partial charge in [-0.3, -0.25) is 9.59 Å². The molecule has 4 nitrogen and oxygen atoms in total. The molecule has 1 aromatic rings. The number of rotatable bonds is 8. The summed E-state index contributed by atoms with van der Waals surface area (Å²) in [5, 5.41) is 1.46. The first-order chi connectivity index (χ1) is 14.0. The summed E-state index contributed by atoms with van der Waals surface area (Å²) in [6, 6.07) is 7.36. The van der Waals surface area contributed by atoms with Gasteiger partial charge in [-0.25, -0.2) is 0 Å². The van der Waals surface area contributed by atoms with E-state index in [0.717, 1.165) is 37.0 Å². The minimum atomic E-state index is -0.440. The highest BCUT2D eigenvalue weighted by Crippen LogP contribution is 2.32. The minimum Gasteiger partial charge on any atom is -0.368 e. The molecule has 0 spiro atoms. The van der Waals surface area contributed by atoms with Crippen molar-refractivity contribution in [3.8, 4) is 0 Å². The van der Waals surface area contributed by atoms with E-state index in [-0.39, 0.29) is 5.78 Å². The van der Waals surface area contributed by atoms with Crippen molar-refractivity contribution in [2.75, 3.05) is 7.05 Å². The second-order valence-corrected chi connectivity index (χ2v) is 9.11. The van der Waals surface area contributed by atoms with Crippen LogP contribution in [-0.4, -0.2) is 29.9 Å². The predicted molar refractivity (Wildman–Crippen MR) is 118 cm³/mol. The molecule has 29 heavy (non-hydrogen) atoms. The first-order valence-corrected chi connectivity index (χ1v) is 11.4. The third-order valence-electron chi connectivity index (χ3n) is 5.63. The van der Waals surface area contributed by atoms with Crippen LogP contribution in [0.3, 0.4) is 0 Å². The molecular formula is C24H31NO3S. The second-order valence-electron chi connectivity index (χ2n) is 7.96. The van der Waals surface area contributed by atoms with Crippen molar-refractivity contribution in [3.63, 3.8) is 0 Å². The van der Waals surface area contributed by atoms with Crippen molar-refractivity contribution in [2.45, 2.75) is 69.2 Å². The van der Waals surface area contributed by atoms with Gasteiger partial charge in [0.2, 0.25) is 0 Å². The van der Waals surface area contributed by atoms with Gasteiger partial charge in [-0.15, -0.1) is 5.06 Å². The minimum absolute atomic E-state index is 0.0210. The van der Waals surface area contributed by atoms with Gasteiger partial charge >= 0.3 is 5.97 Å². The highest BCUT2D eigenvalue weighted by Gasteiger charge is 2.30. The van der Waals surface area contributed by atoms with Crippen molar-refractivity contribution in [1.29, 1.82) is 0 Å². The van der Waals surface area contributed by atoms with Gasteiger partial charge in [-0.1, -0.05) is 74.2 Å². The third-order valence-corrected chi connectivity index (χ3v) is 6.68. The molecule has 3 rings (SSSR count). The number of hydrogen-bond acceptors (Lipinski definition) is 5. The molecule has 0 aromatic heterocycles. The van der Waals surface area contributed by atoms with Crippen molar-refractivity contribution in [2.24, 2.45) is 5.92 Å². The maximum absolute atomic E-state index is 13.3. The van der Waals surface area contributed by atoms with Crippen LogP contribution in [0.5, 0.6) is 0 Å². The topological polar surface area (TPSA) is 46.6 Å². The SMILES string of the molecule is CC(=O)ON(C)C(CC1CCCCC1)C(=O)c1ccc(SC2=CCCC=C2)cc1. The molecule has 1 aromatic carbocycles. The molecule has 0 heterocycles. The van der Waals surface area contributed by atoms with E-state index in [0.29, 0.717) is 11.5 Å². The lowest BCUT2D eigenvalue weighted by atomic mass is 9.83. The summed E-state index contributed by atoms with van der Waals surface area (Å²) in [5.41, 5.74) is 0.669. The number of ketones is 1. The Hall–Kier alpha value is -1.85. The lowest BCUT2D eigenvalue weighted by Gasteiger charge is -2.30. The van der Waals surface area contributed by atoms with E-state index >= 15 is 0 Å². The van der Waals surface area contributed by atoms with Crippen molar-refractivity contribution in [1.82, 2.24) is 5.06 Å². The van der Waals surface area contributed by atoms with Crippen molar-refractivity contribution in [3.05, 3.63) is 53.0 Å². The van der Waals surface area contributed by atoms with Gasteiger partial charge in [-0.2, -0.15) is 0 Å². The lowest BCUT2D eigenvalue weighted by molar-refractivity contribution is -0.188. The molecule has 1 atom stereocenters. The Kier molecular flexibility index (Phi) is 8.13. The summed E-state index contributed by atoms with van der Waals surface area (Å²) in [6.45, 7) is 1.37. The second kappa shape index (κ2) is 10.8. The highest BCUT2D eigenvalue weighted by atomic mass is 32.2. The number of benzene rings is 1. The zero-order chi connectivity index (χ0) is 20.6. The van der Waals surface area contributed by atoms with Gasteiger partial charge in [-0.05, 0) is 37.3 Å². The average Bonchev–Trinajstić information content (AvgIpc) is 2.73. The zero-order valence-corrected chi connectivity index (χ0v) is 18.2. The van der Waals surface area contributed by atoms with Crippen LogP contribution in [0.4, 0.5) is 0 Å². The molecule has 0 amide bonds. The summed E-state index contributed by atoms with van der Waals surface area (Å²) in [4.78, 5) is 32.4. The molecule has 0 bridgehead atoms. The monoisotopic (exact) mass is 413 g/mol. The molecule has 1 saturated carbocycles. The molecule has 0 N–H and O–H groups in total. The van der Waals surface area contributed by atoms with Gasteiger partial charge in [0.15, 0.2) is 5.78 Å². The largest absolute Gasteiger partial charge is 0.368 e. The number of nitrogens with zero attached hydrogens (tertiary/aromatic N) is 1. The highest BCUT2D eigenvalue weighted by molar-refractivity contribution is 8.03. The van der Waals surface area contributed by atoms with Crippen LogP contribution in [0, 0.1) is 5.92 Å². The number of carbonyl (C=O) groups excluding carboxylic acids is 2. The Morgan fingerprint density at radius 2 is 1.86 bits per heavy atom. The fourth-order valence-electron chi connectivity index (χ4n) is 4.11. The van der Waals surface area contributed by atoms with Gasteiger partial charge in [0.05, 0.1) is 0 Å². The Balaban J connectivity index is 1.70.